The van der Waals surface area contributed by atoms with Gasteiger partial charge in [0.1, 0.15) is 0 Å². The molecule has 0 heterocycles. The van der Waals surface area contributed by atoms with Gasteiger partial charge in [-0.15, -0.1) is 0 Å². The molecule has 94 valence electrons. The molecule has 19 heavy (non-hydrogen) atoms. The minimum Gasteiger partial charge on any atom is -0.362 e. The first kappa shape index (κ1) is 13.5. The van der Waals surface area contributed by atoms with Crippen molar-refractivity contribution >= 4 is 35.0 Å². The molecule has 0 aliphatic rings. The van der Waals surface area contributed by atoms with E-state index in [1.165, 1.54) is 0 Å². The minimum atomic E-state index is 0.543. The Kier molecular flexibility index (Phi) is 4.46. The molecule has 0 unspecified atom stereocenters. The van der Waals surface area contributed by atoms with Crippen LogP contribution in [0.3, 0.4) is 0 Å². The number of benzene rings is 2. The molecule has 0 fully saturated rings. The zero-order chi connectivity index (χ0) is 13.7. The van der Waals surface area contributed by atoms with Gasteiger partial charge < -0.3 is 5.32 Å². The van der Waals surface area contributed by atoms with Crippen molar-refractivity contribution in [2.45, 2.75) is 0 Å². The van der Waals surface area contributed by atoms with Crippen LogP contribution in [0.5, 0.6) is 0 Å². The lowest BCUT2D eigenvalue weighted by molar-refractivity contribution is 1.47. The molecule has 0 spiro atoms. The van der Waals surface area contributed by atoms with E-state index in [4.69, 9.17) is 28.5 Å². The first-order valence-electron chi connectivity index (χ1n) is 5.57. The summed E-state index contributed by atoms with van der Waals surface area (Å²) in [5.41, 5.74) is 2.28. The van der Waals surface area contributed by atoms with Crippen LogP contribution in [-0.4, -0.2) is 0 Å². The van der Waals surface area contributed by atoms with Crippen molar-refractivity contribution in [2.75, 3.05) is 5.32 Å². The van der Waals surface area contributed by atoms with Gasteiger partial charge in [-0.2, -0.15) is 5.26 Å². The number of anilines is 1. The van der Waals surface area contributed by atoms with E-state index >= 15 is 0 Å². The molecule has 2 nitrogen and oxygen atoms in total. The van der Waals surface area contributed by atoms with Crippen LogP contribution in [0, 0.1) is 11.3 Å². The number of nitrogens with zero attached hydrogens (tertiary/aromatic N) is 1. The van der Waals surface area contributed by atoms with Crippen LogP contribution in [0.2, 0.25) is 10.0 Å². The third kappa shape index (κ3) is 3.75. The van der Waals surface area contributed by atoms with Gasteiger partial charge in [-0.1, -0.05) is 29.3 Å². The Hall–Kier alpha value is -1.95. The second kappa shape index (κ2) is 6.29. The molecule has 2 aromatic carbocycles. The van der Waals surface area contributed by atoms with E-state index in [0.717, 1.165) is 11.3 Å². The van der Waals surface area contributed by atoms with E-state index in [1.807, 2.05) is 18.2 Å². The predicted molar refractivity (Wildman–Crippen MR) is 80.3 cm³/mol. The van der Waals surface area contributed by atoms with Crippen LogP contribution in [0.15, 0.2) is 48.7 Å². The molecule has 0 aliphatic heterocycles. The van der Waals surface area contributed by atoms with E-state index in [9.17, 15) is 0 Å². The van der Waals surface area contributed by atoms with E-state index in [-0.39, 0.29) is 0 Å². The number of nitriles is 1. The molecule has 0 aromatic heterocycles. The van der Waals surface area contributed by atoms with E-state index in [2.05, 4.69) is 11.4 Å². The molecule has 0 saturated heterocycles. The fourth-order valence-electron chi connectivity index (χ4n) is 1.54. The summed E-state index contributed by atoms with van der Waals surface area (Å²) in [6.45, 7) is 0. The van der Waals surface area contributed by atoms with Crippen LogP contribution < -0.4 is 5.32 Å². The minimum absolute atomic E-state index is 0.543. The molecule has 2 aromatic rings. The van der Waals surface area contributed by atoms with Gasteiger partial charge in [0.05, 0.1) is 11.6 Å². The van der Waals surface area contributed by atoms with Gasteiger partial charge >= 0.3 is 0 Å². The van der Waals surface area contributed by atoms with Crippen LogP contribution in [0.1, 0.15) is 11.1 Å². The van der Waals surface area contributed by atoms with E-state index in [1.54, 1.807) is 36.5 Å². The second-order valence-corrected chi connectivity index (χ2v) is 4.70. The Morgan fingerprint density at radius 2 is 1.68 bits per heavy atom. The summed E-state index contributed by atoms with van der Waals surface area (Å²) in [4.78, 5) is 0. The van der Waals surface area contributed by atoms with Crippen LogP contribution in [-0.2, 0) is 0 Å². The van der Waals surface area contributed by atoms with Crippen molar-refractivity contribution in [1.82, 2.24) is 0 Å². The van der Waals surface area contributed by atoms with Crippen molar-refractivity contribution in [2.24, 2.45) is 0 Å². The van der Waals surface area contributed by atoms with E-state index < -0.39 is 0 Å². The number of hydrogen-bond donors (Lipinski definition) is 1. The maximum Gasteiger partial charge on any atom is 0.0998 e. The summed E-state index contributed by atoms with van der Waals surface area (Å²) in [6, 6.07) is 14.7. The maximum atomic E-state index is 9.01. The topological polar surface area (TPSA) is 35.8 Å². The maximum absolute atomic E-state index is 9.01. The highest BCUT2D eigenvalue weighted by Crippen LogP contribution is 2.17. The molecule has 0 saturated carbocycles. The largest absolute Gasteiger partial charge is 0.362 e. The van der Waals surface area contributed by atoms with Crippen LogP contribution in [0.25, 0.3) is 6.08 Å². The Morgan fingerprint density at radius 1 is 1.00 bits per heavy atom. The number of rotatable bonds is 3. The first-order chi connectivity index (χ1) is 9.19. The van der Waals surface area contributed by atoms with Crippen molar-refractivity contribution in [1.29, 1.82) is 5.26 Å². The summed E-state index contributed by atoms with van der Waals surface area (Å²) in [5, 5.41) is 13.4. The van der Waals surface area contributed by atoms with Gasteiger partial charge in [-0.25, -0.2) is 0 Å². The van der Waals surface area contributed by atoms with Gasteiger partial charge in [-0.3, -0.25) is 0 Å². The highest BCUT2D eigenvalue weighted by molar-refractivity contribution is 6.31. The Balaban J connectivity index is 2.11. The number of nitrogens with one attached hydrogen (secondary N) is 1. The average Bonchev–Trinajstić information content (AvgIpc) is 2.42. The molecule has 1 N–H and O–H groups in total. The van der Waals surface area contributed by atoms with Crippen LogP contribution in [0.4, 0.5) is 5.69 Å². The summed E-state index contributed by atoms with van der Waals surface area (Å²) >= 11 is 11.6. The van der Waals surface area contributed by atoms with Gasteiger partial charge in [0.15, 0.2) is 0 Å². The highest BCUT2D eigenvalue weighted by atomic mass is 35.5. The van der Waals surface area contributed by atoms with Gasteiger partial charge in [0.25, 0.3) is 0 Å². The third-order valence-electron chi connectivity index (χ3n) is 2.49. The molecule has 0 bridgehead atoms. The molecule has 2 rings (SSSR count). The highest BCUT2D eigenvalue weighted by Gasteiger charge is 1.99. The summed E-state index contributed by atoms with van der Waals surface area (Å²) in [5.74, 6) is 0. The molecular formula is C15H10Cl2N2. The molecular weight excluding hydrogens is 279 g/mol. The Labute approximate surface area is 121 Å². The van der Waals surface area contributed by atoms with Crippen molar-refractivity contribution in [3.05, 3.63) is 69.8 Å². The number of hydrogen-bond acceptors (Lipinski definition) is 2. The smallest absolute Gasteiger partial charge is 0.0998 e. The normalized spacial score (nSPS) is 10.4. The zero-order valence-electron chi connectivity index (χ0n) is 9.90. The monoisotopic (exact) mass is 288 g/mol. The standard InChI is InChI=1S/C15H10Cl2N2/c16-13-3-5-15(6-4-13)19-8-7-11-1-2-14(17)9-12(11)10-18/h1-9,19H. The number of halogens is 2. The van der Waals surface area contributed by atoms with Crippen molar-refractivity contribution < 1.29 is 0 Å². The fourth-order valence-corrected chi connectivity index (χ4v) is 1.84. The molecule has 0 radical (unpaired) electrons. The summed E-state index contributed by atoms with van der Waals surface area (Å²) in [6.07, 6.45) is 3.59. The van der Waals surface area contributed by atoms with Crippen molar-refractivity contribution in [3.8, 4) is 6.07 Å². The Morgan fingerprint density at radius 3 is 2.37 bits per heavy atom. The first-order valence-corrected chi connectivity index (χ1v) is 6.33. The summed E-state index contributed by atoms with van der Waals surface area (Å²) in [7, 11) is 0. The van der Waals surface area contributed by atoms with Crippen LogP contribution >= 0.6 is 23.2 Å². The lowest BCUT2D eigenvalue weighted by Gasteiger charge is -2.01. The van der Waals surface area contributed by atoms with Gasteiger partial charge in [0.2, 0.25) is 0 Å². The third-order valence-corrected chi connectivity index (χ3v) is 2.98. The fraction of sp³-hybridized carbons (Fsp3) is 0. The van der Waals surface area contributed by atoms with Crippen molar-refractivity contribution in [3.63, 3.8) is 0 Å². The lowest BCUT2D eigenvalue weighted by atomic mass is 10.1. The van der Waals surface area contributed by atoms with E-state index in [0.29, 0.717) is 15.6 Å². The Bertz CT molecular complexity index is 640. The van der Waals surface area contributed by atoms with Gasteiger partial charge in [0, 0.05) is 21.9 Å². The lowest BCUT2D eigenvalue weighted by Crippen LogP contribution is -1.87. The molecule has 4 heteroatoms. The molecule has 0 amide bonds. The predicted octanol–water partition coefficient (Wildman–Crippen LogP) is 4.95. The second-order valence-electron chi connectivity index (χ2n) is 3.83. The molecule has 0 atom stereocenters. The van der Waals surface area contributed by atoms with Gasteiger partial charge in [-0.05, 0) is 48.0 Å². The average molecular weight is 289 g/mol. The molecule has 0 aliphatic carbocycles. The SMILES string of the molecule is N#Cc1cc(Cl)ccc1C=CNc1ccc(Cl)cc1. The summed E-state index contributed by atoms with van der Waals surface area (Å²) < 4.78 is 0. The zero-order valence-corrected chi connectivity index (χ0v) is 11.4. The quantitative estimate of drug-likeness (QED) is 0.868.